The van der Waals surface area contributed by atoms with E-state index in [2.05, 4.69) is 17.1 Å². The number of ether oxygens (including phenoxy) is 2. The zero-order valence-corrected chi connectivity index (χ0v) is 16.1. The molecular weight excluding hydrogens is 356 g/mol. The molecule has 2 rings (SSSR count). The molecule has 1 atom stereocenters. The van der Waals surface area contributed by atoms with Crippen LogP contribution in [0.4, 0.5) is 0 Å². The molecule has 0 saturated carbocycles. The van der Waals surface area contributed by atoms with Crippen molar-refractivity contribution < 1.29 is 9.47 Å². The van der Waals surface area contributed by atoms with Crippen LogP contribution in [0.2, 0.25) is 5.15 Å². The van der Waals surface area contributed by atoms with E-state index in [9.17, 15) is 0 Å². The maximum atomic E-state index is 5.95. The van der Waals surface area contributed by atoms with Gasteiger partial charge in [-0.25, -0.2) is 0 Å². The van der Waals surface area contributed by atoms with E-state index in [-0.39, 0.29) is 16.5 Å². The van der Waals surface area contributed by atoms with Crippen LogP contribution in [-0.2, 0) is 4.74 Å². The standard InChI is InChI=1S/C19H23ClN2O2S/c1-3-4-5-7-10-14(2)23-19(25)24-16-13-17(20)21-22-18(16)15-11-8-6-9-12-15/h6,8-9,11-14H,3-5,7,10H2,1-2H3/t14-/m1/s1. The van der Waals surface area contributed by atoms with Gasteiger partial charge >= 0.3 is 5.24 Å². The van der Waals surface area contributed by atoms with Crippen molar-refractivity contribution in [2.75, 3.05) is 0 Å². The Morgan fingerprint density at radius 3 is 2.64 bits per heavy atom. The normalized spacial score (nSPS) is 11.8. The summed E-state index contributed by atoms with van der Waals surface area (Å²) in [5, 5.41) is 8.34. The number of aromatic nitrogens is 2. The maximum absolute atomic E-state index is 5.95. The third-order valence-electron chi connectivity index (χ3n) is 3.73. The minimum atomic E-state index is 0.00907. The maximum Gasteiger partial charge on any atom is 0.358 e. The van der Waals surface area contributed by atoms with Gasteiger partial charge in [-0.05, 0) is 19.8 Å². The Bertz CT molecular complexity index is 682. The molecular formula is C19H23ClN2O2S. The van der Waals surface area contributed by atoms with Crippen molar-refractivity contribution in [2.45, 2.75) is 52.1 Å². The molecule has 1 heterocycles. The number of benzene rings is 1. The van der Waals surface area contributed by atoms with Gasteiger partial charge in [0.25, 0.3) is 0 Å². The van der Waals surface area contributed by atoms with Gasteiger partial charge in [-0.1, -0.05) is 68.1 Å². The summed E-state index contributed by atoms with van der Waals surface area (Å²) in [5.41, 5.74) is 1.45. The Morgan fingerprint density at radius 1 is 1.16 bits per heavy atom. The van der Waals surface area contributed by atoms with Gasteiger partial charge in [0.2, 0.25) is 0 Å². The summed E-state index contributed by atoms with van der Waals surface area (Å²) in [6, 6.07) is 11.2. The first-order valence-corrected chi connectivity index (χ1v) is 9.36. The predicted molar refractivity (Wildman–Crippen MR) is 105 cm³/mol. The molecule has 134 valence electrons. The van der Waals surface area contributed by atoms with Crippen molar-refractivity contribution in [3.8, 4) is 17.0 Å². The smallest absolute Gasteiger partial charge is 0.358 e. The minimum absolute atomic E-state index is 0.00907. The molecule has 1 aromatic heterocycles. The summed E-state index contributed by atoms with van der Waals surface area (Å²) >= 11 is 11.2. The second kappa shape index (κ2) is 10.3. The molecule has 4 nitrogen and oxygen atoms in total. The van der Waals surface area contributed by atoms with Crippen LogP contribution in [0.1, 0.15) is 46.0 Å². The van der Waals surface area contributed by atoms with Crippen LogP contribution in [0.5, 0.6) is 5.75 Å². The summed E-state index contributed by atoms with van der Waals surface area (Å²) in [5.74, 6) is 0.439. The fourth-order valence-corrected chi connectivity index (χ4v) is 2.81. The zero-order valence-electron chi connectivity index (χ0n) is 14.6. The highest BCUT2D eigenvalue weighted by Crippen LogP contribution is 2.29. The number of halogens is 1. The van der Waals surface area contributed by atoms with E-state index in [1.807, 2.05) is 37.3 Å². The van der Waals surface area contributed by atoms with Crippen molar-refractivity contribution in [2.24, 2.45) is 0 Å². The molecule has 0 amide bonds. The molecule has 0 fully saturated rings. The van der Waals surface area contributed by atoms with Crippen LogP contribution in [0, 0.1) is 0 Å². The van der Waals surface area contributed by atoms with E-state index in [0.717, 1.165) is 18.4 Å². The lowest BCUT2D eigenvalue weighted by atomic mass is 10.1. The van der Waals surface area contributed by atoms with E-state index in [1.165, 1.54) is 19.3 Å². The summed E-state index contributed by atoms with van der Waals surface area (Å²) in [7, 11) is 0. The van der Waals surface area contributed by atoms with Crippen LogP contribution in [0.25, 0.3) is 11.3 Å². The SMILES string of the molecule is CCCCCC[C@@H](C)OC(=S)Oc1cc(Cl)nnc1-c1ccccc1. The molecule has 0 aliphatic rings. The van der Waals surface area contributed by atoms with Gasteiger partial charge < -0.3 is 9.47 Å². The van der Waals surface area contributed by atoms with E-state index in [0.29, 0.717) is 11.4 Å². The average Bonchev–Trinajstić information content (AvgIpc) is 2.59. The van der Waals surface area contributed by atoms with Gasteiger partial charge in [0.05, 0.1) is 0 Å². The molecule has 0 bridgehead atoms. The molecule has 0 aliphatic heterocycles. The summed E-state index contributed by atoms with van der Waals surface area (Å²) < 4.78 is 11.4. The first kappa shape index (κ1) is 19.6. The highest BCUT2D eigenvalue weighted by molar-refractivity contribution is 7.79. The quantitative estimate of drug-likeness (QED) is 0.426. The van der Waals surface area contributed by atoms with Crippen molar-refractivity contribution in [3.05, 3.63) is 41.6 Å². The second-order valence-electron chi connectivity index (χ2n) is 5.88. The van der Waals surface area contributed by atoms with E-state index in [4.69, 9.17) is 33.3 Å². The molecule has 2 aromatic rings. The van der Waals surface area contributed by atoms with E-state index in [1.54, 1.807) is 6.07 Å². The van der Waals surface area contributed by atoms with Gasteiger partial charge in [0.15, 0.2) is 10.9 Å². The van der Waals surface area contributed by atoms with Gasteiger partial charge in [0.1, 0.15) is 11.8 Å². The lowest BCUT2D eigenvalue weighted by Gasteiger charge is -2.16. The number of hydrogen-bond acceptors (Lipinski definition) is 5. The fourth-order valence-electron chi connectivity index (χ4n) is 2.42. The molecule has 1 aromatic carbocycles. The Labute approximate surface area is 159 Å². The van der Waals surface area contributed by atoms with Crippen molar-refractivity contribution in [1.82, 2.24) is 10.2 Å². The van der Waals surface area contributed by atoms with Gasteiger partial charge in [0, 0.05) is 23.8 Å². The van der Waals surface area contributed by atoms with Crippen molar-refractivity contribution in [3.63, 3.8) is 0 Å². The number of rotatable bonds is 8. The lowest BCUT2D eigenvalue weighted by Crippen LogP contribution is -2.18. The first-order valence-electron chi connectivity index (χ1n) is 8.57. The fraction of sp³-hybridized carbons (Fsp3) is 0.421. The van der Waals surface area contributed by atoms with Gasteiger partial charge in [-0.2, -0.15) is 0 Å². The predicted octanol–water partition coefficient (Wildman–Crippen LogP) is 5.84. The largest absolute Gasteiger partial charge is 0.454 e. The molecule has 0 spiro atoms. The van der Waals surface area contributed by atoms with E-state index < -0.39 is 0 Å². The minimum Gasteiger partial charge on any atom is -0.454 e. The second-order valence-corrected chi connectivity index (χ2v) is 6.60. The molecule has 25 heavy (non-hydrogen) atoms. The molecule has 6 heteroatoms. The number of unbranched alkanes of at least 4 members (excludes halogenated alkanes) is 3. The molecule has 0 N–H and O–H groups in total. The average molecular weight is 379 g/mol. The Hall–Kier alpha value is -1.72. The van der Waals surface area contributed by atoms with Crippen LogP contribution < -0.4 is 4.74 Å². The Kier molecular flexibility index (Phi) is 8.09. The Morgan fingerprint density at radius 2 is 1.92 bits per heavy atom. The van der Waals surface area contributed by atoms with Crippen LogP contribution in [0.15, 0.2) is 36.4 Å². The lowest BCUT2D eigenvalue weighted by molar-refractivity contribution is 0.160. The van der Waals surface area contributed by atoms with Crippen LogP contribution in [0.3, 0.4) is 0 Å². The number of thiocarbonyl (C=S) groups is 1. The zero-order chi connectivity index (χ0) is 18.1. The number of hydrogen-bond donors (Lipinski definition) is 0. The molecule has 0 saturated heterocycles. The molecule has 0 unspecified atom stereocenters. The number of nitrogens with zero attached hydrogens (tertiary/aromatic N) is 2. The highest BCUT2D eigenvalue weighted by atomic mass is 35.5. The van der Waals surface area contributed by atoms with Crippen LogP contribution >= 0.6 is 23.8 Å². The third kappa shape index (κ3) is 6.59. The third-order valence-corrected chi connectivity index (χ3v) is 4.10. The van der Waals surface area contributed by atoms with E-state index >= 15 is 0 Å². The summed E-state index contributed by atoms with van der Waals surface area (Å²) in [6.07, 6.45) is 5.75. The topological polar surface area (TPSA) is 44.2 Å². The van der Waals surface area contributed by atoms with Crippen LogP contribution in [-0.4, -0.2) is 21.5 Å². The first-order chi connectivity index (χ1) is 12.1. The summed E-state index contributed by atoms with van der Waals surface area (Å²) in [6.45, 7) is 4.19. The molecule has 0 aliphatic carbocycles. The monoisotopic (exact) mass is 378 g/mol. The highest BCUT2D eigenvalue weighted by Gasteiger charge is 2.15. The summed E-state index contributed by atoms with van der Waals surface area (Å²) in [4.78, 5) is 0. The Balaban J connectivity index is 1.99. The van der Waals surface area contributed by atoms with Crippen molar-refractivity contribution >= 4 is 29.1 Å². The van der Waals surface area contributed by atoms with Gasteiger partial charge in [-0.15, -0.1) is 10.2 Å². The molecule has 0 radical (unpaired) electrons. The van der Waals surface area contributed by atoms with Crippen molar-refractivity contribution in [1.29, 1.82) is 0 Å². The van der Waals surface area contributed by atoms with Gasteiger partial charge in [-0.3, -0.25) is 0 Å².